The molecule has 0 radical (unpaired) electrons. The zero-order valence-corrected chi connectivity index (χ0v) is 11.9. The van der Waals surface area contributed by atoms with Crippen molar-refractivity contribution >= 4 is 5.69 Å². The molecule has 0 amide bonds. The van der Waals surface area contributed by atoms with Crippen LogP contribution < -0.4 is 10.1 Å². The second-order valence-corrected chi connectivity index (χ2v) is 4.62. The number of nitrogens with zero attached hydrogens (tertiary/aromatic N) is 1. The largest absolute Gasteiger partial charge is 0.494 e. The summed E-state index contributed by atoms with van der Waals surface area (Å²) in [4.78, 5) is 0. The third kappa shape index (κ3) is 3.96. The molecule has 0 saturated heterocycles. The van der Waals surface area contributed by atoms with Crippen LogP contribution in [0.4, 0.5) is 10.1 Å². The molecule has 108 valence electrons. The van der Waals surface area contributed by atoms with E-state index in [0.717, 1.165) is 17.7 Å². The summed E-state index contributed by atoms with van der Waals surface area (Å²) < 4.78 is 19.1. The van der Waals surface area contributed by atoms with Crippen LogP contribution in [-0.4, -0.2) is 6.61 Å². The predicted molar refractivity (Wildman–Crippen MR) is 80.7 cm³/mol. The maximum absolute atomic E-state index is 13.5. The van der Waals surface area contributed by atoms with Crippen LogP contribution in [0.1, 0.15) is 24.5 Å². The van der Waals surface area contributed by atoms with Crippen molar-refractivity contribution in [1.29, 1.82) is 5.26 Å². The number of rotatable bonds is 6. The smallest absolute Gasteiger partial charge is 0.143 e. The number of anilines is 1. The van der Waals surface area contributed by atoms with E-state index in [1.54, 1.807) is 12.1 Å². The third-order valence-corrected chi connectivity index (χ3v) is 2.98. The maximum Gasteiger partial charge on any atom is 0.143 e. The van der Waals surface area contributed by atoms with Gasteiger partial charge in [-0.1, -0.05) is 25.1 Å². The number of ether oxygens (including phenoxy) is 1. The summed E-state index contributed by atoms with van der Waals surface area (Å²) in [6.45, 7) is 3.24. The molecule has 21 heavy (non-hydrogen) atoms. The molecule has 0 bridgehead atoms. The molecule has 0 fully saturated rings. The number of hydrogen-bond acceptors (Lipinski definition) is 3. The van der Waals surface area contributed by atoms with Gasteiger partial charge in [-0.15, -0.1) is 0 Å². The Bertz CT molecular complexity index is 649. The molecule has 2 aromatic carbocycles. The Hall–Kier alpha value is -2.54. The highest BCUT2D eigenvalue weighted by Gasteiger charge is 2.07. The molecule has 0 atom stereocenters. The second-order valence-electron chi connectivity index (χ2n) is 4.62. The van der Waals surface area contributed by atoms with Crippen molar-refractivity contribution < 1.29 is 9.13 Å². The van der Waals surface area contributed by atoms with Gasteiger partial charge in [-0.05, 0) is 36.2 Å². The molecule has 0 aliphatic heterocycles. The quantitative estimate of drug-likeness (QED) is 0.868. The van der Waals surface area contributed by atoms with Crippen LogP contribution in [0, 0.1) is 17.1 Å². The predicted octanol–water partition coefficient (Wildman–Crippen LogP) is 4.10. The van der Waals surface area contributed by atoms with Crippen LogP contribution in [-0.2, 0) is 6.54 Å². The van der Waals surface area contributed by atoms with Crippen LogP contribution in [0.25, 0.3) is 0 Å². The van der Waals surface area contributed by atoms with E-state index in [9.17, 15) is 4.39 Å². The van der Waals surface area contributed by atoms with E-state index in [-0.39, 0.29) is 5.56 Å². The van der Waals surface area contributed by atoms with Crippen LogP contribution >= 0.6 is 0 Å². The van der Waals surface area contributed by atoms with Crippen molar-refractivity contribution in [2.45, 2.75) is 19.9 Å². The Kier molecular flexibility index (Phi) is 5.16. The van der Waals surface area contributed by atoms with E-state index < -0.39 is 5.82 Å². The second kappa shape index (κ2) is 7.30. The topological polar surface area (TPSA) is 45.0 Å². The minimum atomic E-state index is -0.512. The molecule has 2 aromatic rings. The summed E-state index contributed by atoms with van der Waals surface area (Å²) in [5, 5.41) is 12.1. The molecule has 1 N–H and O–H groups in total. The van der Waals surface area contributed by atoms with Gasteiger partial charge in [0.2, 0.25) is 0 Å². The van der Waals surface area contributed by atoms with Crippen molar-refractivity contribution in [1.82, 2.24) is 0 Å². The summed E-state index contributed by atoms with van der Waals surface area (Å²) in [7, 11) is 0. The normalized spacial score (nSPS) is 9.95. The van der Waals surface area contributed by atoms with E-state index in [1.165, 1.54) is 6.07 Å². The Morgan fingerprint density at radius 1 is 1.24 bits per heavy atom. The van der Waals surface area contributed by atoms with Crippen LogP contribution in [0.3, 0.4) is 0 Å². The first-order chi connectivity index (χ1) is 10.2. The fourth-order valence-electron chi connectivity index (χ4n) is 1.95. The molecule has 2 rings (SSSR count). The van der Waals surface area contributed by atoms with E-state index in [0.29, 0.717) is 18.8 Å². The number of halogens is 1. The molecular weight excluding hydrogens is 267 g/mol. The van der Waals surface area contributed by atoms with E-state index in [2.05, 4.69) is 12.2 Å². The lowest BCUT2D eigenvalue weighted by Crippen LogP contribution is -2.03. The zero-order valence-electron chi connectivity index (χ0n) is 11.9. The Balaban J connectivity index is 2.07. The number of benzene rings is 2. The highest BCUT2D eigenvalue weighted by Crippen LogP contribution is 2.20. The van der Waals surface area contributed by atoms with Crippen LogP contribution in [0.2, 0.25) is 0 Å². The molecule has 0 aliphatic carbocycles. The number of nitriles is 1. The van der Waals surface area contributed by atoms with Gasteiger partial charge in [0.1, 0.15) is 23.2 Å². The standard InChI is InChI=1S/C17H17FN2O/c1-2-9-21-14-6-3-5-13(10-14)12-20-17-8-4-7-16(18)15(17)11-19/h3-8,10,20H,2,9,12H2,1H3. The van der Waals surface area contributed by atoms with Gasteiger partial charge in [0.25, 0.3) is 0 Å². The first kappa shape index (κ1) is 14.9. The fourth-order valence-corrected chi connectivity index (χ4v) is 1.95. The van der Waals surface area contributed by atoms with E-state index >= 15 is 0 Å². The third-order valence-electron chi connectivity index (χ3n) is 2.98. The van der Waals surface area contributed by atoms with Gasteiger partial charge in [0.15, 0.2) is 0 Å². The summed E-state index contributed by atoms with van der Waals surface area (Å²) in [6, 6.07) is 14.1. The average Bonchev–Trinajstić information content (AvgIpc) is 2.51. The van der Waals surface area contributed by atoms with Gasteiger partial charge in [-0.2, -0.15) is 5.26 Å². The first-order valence-electron chi connectivity index (χ1n) is 6.88. The highest BCUT2D eigenvalue weighted by molar-refractivity contribution is 5.58. The lowest BCUT2D eigenvalue weighted by atomic mass is 10.1. The van der Waals surface area contributed by atoms with Crippen molar-refractivity contribution in [3.05, 3.63) is 59.4 Å². The monoisotopic (exact) mass is 284 g/mol. The van der Waals surface area contributed by atoms with Crippen molar-refractivity contribution in [2.24, 2.45) is 0 Å². The van der Waals surface area contributed by atoms with Crippen molar-refractivity contribution in [3.8, 4) is 11.8 Å². The van der Waals surface area contributed by atoms with Gasteiger partial charge in [0, 0.05) is 6.54 Å². The molecule has 0 aromatic heterocycles. The van der Waals surface area contributed by atoms with Gasteiger partial charge < -0.3 is 10.1 Å². The van der Waals surface area contributed by atoms with E-state index in [4.69, 9.17) is 10.00 Å². The molecule has 3 nitrogen and oxygen atoms in total. The van der Waals surface area contributed by atoms with Crippen LogP contribution in [0.15, 0.2) is 42.5 Å². The summed E-state index contributed by atoms with van der Waals surface area (Å²) in [5.74, 6) is 0.304. The summed E-state index contributed by atoms with van der Waals surface area (Å²) in [5.41, 5.74) is 1.55. The van der Waals surface area contributed by atoms with Gasteiger partial charge in [-0.25, -0.2) is 4.39 Å². The number of nitrogens with one attached hydrogen (secondary N) is 1. The van der Waals surface area contributed by atoms with Gasteiger partial charge >= 0.3 is 0 Å². The lowest BCUT2D eigenvalue weighted by molar-refractivity contribution is 0.317. The van der Waals surface area contributed by atoms with Crippen LogP contribution in [0.5, 0.6) is 5.75 Å². The van der Waals surface area contributed by atoms with Gasteiger partial charge in [-0.3, -0.25) is 0 Å². The summed E-state index contributed by atoms with van der Waals surface area (Å²) in [6.07, 6.45) is 0.956. The molecule has 0 saturated carbocycles. The average molecular weight is 284 g/mol. The molecular formula is C17H17FN2O. The van der Waals surface area contributed by atoms with Crippen molar-refractivity contribution in [2.75, 3.05) is 11.9 Å². The SMILES string of the molecule is CCCOc1cccc(CNc2cccc(F)c2C#N)c1. The molecule has 0 aliphatic rings. The van der Waals surface area contributed by atoms with Gasteiger partial charge in [0.05, 0.1) is 12.3 Å². The Morgan fingerprint density at radius 2 is 2.05 bits per heavy atom. The van der Waals surface area contributed by atoms with E-state index in [1.807, 2.05) is 30.3 Å². The minimum absolute atomic E-state index is 0.0379. The molecule has 0 heterocycles. The minimum Gasteiger partial charge on any atom is -0.494 e. The fraction of sp³-hybridized carbons (Fsp3) is 0.235. The Morgan fingerprint density at radius 3 is 2.81 bits per heavy atom. The highest BCUT2D eigenvalue weighted by atomic mass is 19.1. The first-order valence-corrected chi connectivity index (χ1v) is 6.88. The number of hydrogen-bond donors (Lipinski definition) is 1. The molecule has 0 unspecified atom stereocenters. The maximum atomic E-state index is 13.5. The molecule has 0 spiro atoms. The lowest BCUT2D eigenvalue weighted by Gasteiger charge is -2.10. The van der Waals surface area contributed by atoms with Crippen molar-refractivity contribution in [3.63, 3.8) is 0 Å². The molecule has 4 heteroatoms. The Labute approximate surface area is 124 Å². The zero-order chi connectivity index (χ0) is 15.1. The summed E-state index contributed by atoms with van der Waals surface area (Å²) >= 11 is 0.